The van der Waals surface area contributed by atoms with Gasteiger partial charge in [-0.05, 0) is 43.5 Å². The molecule has 0 atom stereocenters. The Bertz CT molecular complexity index is 608. The summed E-state index contributed by atoms with van der Waals surface area (Å²) in [4.78, 5) is 15.3. The van der Waals surface area contributed by atoms with Crippen LogP contribution in [0, 0.1) is 0 Å². The Morgan fingerprint density at radius 1 is 1.00 bits per heavy atom. The number of hydrogen-bond acceptors (Lipinski definition) is 6. The monoisotopic (exact) mass is 285 g/mol. The quantitative estimate of drug-likeness (QED) is 0.930. The maximum atomic E-state index is 5.85. The van der Waals surface area contributed by atoms with E-state index in [1.807, 2.05) is 24.3 Å². The van der Waals surface area contributed by atoms with Crippen LogP contribution in [0.1, 0.15) is 19.3 Å². The maximum absolute atomic E-state index is 5.85. The number of rotatable bonds is 3. The van der Waals surface area contributed by atoms with Crippen LogP contribution in [0.3, 0.4) is 0 Å². The van der Waals surface area contributed by atoms with E-state index in [1.54, 1.807) is 7.11 Å². The van der Waals surface area contributed by atoms with Gasteiger partial charge >= 0.3 is 0 Å². The van der Waals surface area contributed by atoms with E-state index in [2.05, 4.69) is 19.9 Å². The van der Waals surface area contributed by atoms with Gasteiger partial charge in [-0.25, -0.2) is 0 Å². The third-order valence-electron chi connectivity index (χ3n) is 3.63. The molecule has 0 radical (unpaired) electrons. The highest BCUT2D eigenvalue weighted by Crippen LogP contribution is 2.23. The summed E-state index contributed by atoms with van der Waals surface area (Å²) in [5.74, 6) is 2.34. The number of ether oxygens (including phenoxy) is 1. The van der Waals surface area contributed by atoms with Crippen molar-refractivity contribution in [2.45, 2.75) is 19.3 Å². The molecule has 2 heterocycles. The number of piperidine rings is 1. The Morgan fingerprint density at radius 3 is 2.38 bits per heavy atom. The number of methoxy groups -OCH3 is 1. The first-order chi connectivity index (χ1) is 10.3. The van der Waals surface area contributed by atoms with Crippen molar-refractivity contribution < 1.29 is 4.74 Å². The predicted molar refractivity (Wildman–Crippen MR) is 82.3 cm³/mol. The zero-order valence-electron chi connectivity index (χ0n) is 12.1. The molecule has 0 bridgehead atoms. The lowest BCUT2D eigenvalue weighted by atomic mass is 10.1. The lowest BCUT2D eigenvalue weighted by Gasteiger charge is -2.26. The Hall–Kier alpha value is -2.37. The molecule has 1 aliphatic rings. The Kier molecular flexibility index (Phi) is 3.85. The van der Waals surface area contributed by atoms with Gasteiger partial charge in [-0.15, -0.1) is 0 Å². The van der Waals surface area contributed by atoms with Crippen LogP contribution < -0.4 is 15.4 Å². The fourth-order valence-electron chi connectivity index (χ4n) is 2.49. The van der Waals surface area contributed by atoms with E-state index in [0.29, 0.717) is 11.8 Å². The van der Waals surface area contributed by atoms with E-state index in [9.17, 15) is 0 Å². The first kappa shape index (κ1) is 13.6. The zero-order chi connectivity index (χ0) is 14.7. The summed E-state index contributed by atoms with van der Waals surface area (Å²) in [7, 11) is 1.64. The van der Waals surface area contributed by atoms with Gasteiger partial charge in [0.05, 0.1) is 7.11 Å². The van der Waals surface area contributed by atoms with Gasteiger partial charge in [-0.1, -0.05) is 0 Å². The molecule has 1 aliphatic heterocycles. The molecule has 2 N–H and O–H groups in total. The van der Waals surface area contributed by atoms with Gasteiger partial charge in [0.2, 0.25) is 11.9 Å². The van der Waals surface area contributed by atoms with Gasteiger partial charge in [0, 0.05) is 18.7 Å². The molecule has 1 fully saturated rings. The molecular weight excluding hydrogens is 266 g/mol. The van der Waals surface area contributed by atoms with Gasteiger partial charge in [0.1, 0.15) is 5.75 Å². The Labute approximate surface area is 124 Å². The molecule has 0 aliphatic carbocycles. The highest BCUT2D eigenvalue weighted by Gasteiger charge is 2.16. The third-order valence-corrected chi connectivity index (χ3v) is 3.63. The molecule has 0 unspecified atom stereocenters. The van der Waals surface area contributed by atoms with E-state index in [4.69, 9.17) is 10.5 Å². The van der Waals surface area contributed by atoms with E-state index >= 15 is 0 Å². The van der Waals surface area contributed by atoms with Gasteiger partial charge in [0.25, 0.3) is 0 Å². The van der Waals surface area contributed by atoms with Gasteiger partial charge in [-0.3, -0.25) is 0 Å². The van der Waals surface area contributed by atoms with Crippen molar-refractivity contribution in [1.82, 2.24) is 15.0 Å². The lowest BCUT2D eigenvalue weighted by molar-refractivity contribution is 0.415. The molecule has 6 heteroatoms. The molecule has 0 amide bonds. The largest absolute Gasteiger partial charge is 0.497 e. The molecule has 1 saturated heterocycles. The van der Waals surface area contributed by atoms with Crippen LogP contribution in [0.2, 0.25) is 0 Å². The number of nitrogens with two attached hydrogens (primary N) is 1. The van der Waals surface area contributed by atoms with Crippen LogP contribution in [-0.2, 0) is 0 Å². The third kappa shape index (κ3) is 3.04. The van der Waals surface area contributed by atoms with Crippen LogP contribution in [0.15, 0.2) is 24.3 Å². The maximum Gasteiger partial charge on any atom is 0.230 e. The highest BCUT2D eigenvalue weighted by atomic mass is 16.5. The van der Waals surface area contributed by atoms with Crippen molar-refractivity contribution >= 4 is 11.9 Å². The average Bonchev–Trinajstić information content (AvgIpc) is 2.55. The summed E-state index contributed by atoms with van der Waals surface area (Å²) in [6, 6.07) is 7.62. The average molecular weight is 285 g/mol. The fraction of sp³-hybridized carbons (Fsp3) is 0.400. The summed E-state index contributed by atoms with van der Waals surface area (Å²) in [6.45, 7) is 1.96. The topological polar surface area (TPSA) is 77.2 Å². The second kappa shape index (κ2) is 5.95. The molecular formula is C15H19N5O. The smallest absolute Gasteiger partial charge is 0.230 e. The van der Waals surface area contributed by atoms with E-state index in [-0.39, 0.29) is 5.95 Å². The molecule has 110 valence electrons. The number of nitrogens with zero attached hydrogens (tertiary/aromatic N) is 4. The molecule has 3 rings (SSSR count). The summed E-state index contributed by atoms with van der Waals surface area (Å²) in [5.41, 5.74) is 6.75. The summed E-state index contributed by atoms with van der Waals surface area (Å²) in [5, 5.41) is 0. The fourth-order valence-corrected chi connectivity index (χ4v) is 2.49. The lowest BCUT2D eigenvalue weighted by Crippen LogP contribution is -2.31. The van der Waals surface area contributed by atoms with Crippen molar-refractivity contribution in [1.29, 1.82) is 0 Å². The number of aromatic nitrogens is 3. The summed E-state index contributed by atoms with van der Waals surface area (Å²) < 4.78 is 5.16. The van der Waals surface area contributed by atoms with Crippen molar-refractivity contribution in [2.24, 2.45) is 0 Å². The van der Waals surface area contributed by atoms with Crippen LogP contribution in [0.5, 0.6) is 5.75 Å². The minimum absolute atomic E-state index is 0.261. The van der Waals surface area contributed by atoms with Crippen LogP contribution in [-0.4, -0.2) is 35.2 Å². The Balaban J connectivity index is 1.92. The van der Waals surface area contributed by atoms with Crippen LogP contribution in [0.25, 0.3) is 11.4 Å². The van der Waals surface area contributed by atoms with Crippen LogP contribution >= 0.6 is 0 Å². The molecule has 1 aromatic carbocycles. The van der Waals surface area contributed by atoms with Crippen molar-refractivity contribution in [3.63, 3.8) is 0 Å². The van der Waals surface area contributed by atoms with Gasteiger partial charge in [-0.2, -0.15) is 15.0 Å². The first-order valence-electron chi connectivity index (χ1n) is 7.17. The zero-order valence-corrected chi connectivity index (χ0v) is 12.1. The Morgan fingerprint density at radius 2 is 1.71 bits per heavy atom. The molecule has 6 nitrogen and oxygen atoms in total. The second-order valence-electron chi connectivity index (χ2n) is 5.09. The predicted octanol–water partition coefficient (Wildman–Crippen LogP) is 2.12. The number of benzene rings is 1. The second-order valence-corrected chi connectivity index (χ2v) is 5.09. The minimum atomic E-state index is 0.261. The van der Waals surface area contributed by atoms with Gasteiger partial charge < -0.3 is 15.4 Å². The van der Waals surface area contributed by atoms with Crippen molar-refractivity contribution in [3.05, 3.63) is 24.3 Å². The van der Waals surface area contributed by atoms with Gasteiger partial charge in [0.15, 0.2) is 5.82 Å². The molecule has 0 saturated carbocycles. The van der Waals surface area contributed by atoms with Crippen molar-refractivity contribution in [3.8, 4) is 17.1 Å². The SMILES string of the molecule is COc1ccc(-c2nc(N)nc(N3CCCCC3)n2)cc1. The highest BCUT2D eigenvalue weighted by molar-refractivity contribution is 5.59. The minimum Gasteiger partial charge on any atom is -0.497 e. The van der Waals surface area contributed by atoms with Crippen LogP contribution in [0.4, 0.5) is 11.9 Å². The first-order valence-corrected chi connectivity index (χ1v) is 7.17. The number of anilines is 2. The molecule has 21 heavy (non-hydrogen) atoms. The molecule has 1 aromatic heterocycles. The summed E-state index contributed by atoms with van der Waals surface area (Å²) in [6.07, 6.45) is 3.61. The molecule has 0 spiro atoms. The number of hydrogen-bond donors (Lipinski definition) is 1. The van der Waals surface area contributed by atoms with E-state index < -0.39 is 0 Å². The van der Waals surface area contributed by atoms with E-state index in [0.717, 1.165) is 24.4 Å². The molecule has 2 aromatic rings. The van der Waals surface area contributed by atoms with Crippen molar-refractivity contribution in [2.75, 3.05) is 30.8 Å². The summed E-state index contributed by atoms with van der Waals surface area (Å²) >= 11 is 0. The van der Waals surface area contributed by atoms with E-state index in [1.165, 1.54) is 19.3 Å². The normalized spacial score (nSPS) is 15.0. The standard InChI is InChI=1S/C15H19N5O/c1-21-12-7-5-11(6-8-12)13-17-14(16)19-15(18-13)20-9-3-2-4-10-20/h5-8H,2-4,9-10H2,1H3,(H2,16,17,18,19). The number of nitrogen functional groups attached to an aromatic ring is 1.